The number of nitrogens with one attached hydrogen (secondary N) is 1. The third kappa shape index (κ3) is 5.05. The van der Waals surface area contributed by atoms with Gasteiger partial charge in [-0.1, -0.05) is 0 Å². The van der Waals surface area contributed by atoms with Crippen LogP contribution >= 0.6 is 0 Å². The number of oxazole rings is 1. The topological polar surface area (TPSA) is 103 Å². The molecule has 0 radical (unpaired) electrons. The molecule has 8 nitrogen and oxygen atoms in total. The summed E-state index contributed by atoms with van der Waals surface area (Å²) in [4.78, 5) is 15.9. The van der Waals surface area contributed by atoms with Crippen molar-refractivity contribution in [2.24, 2.45) is 0 Å². The van der Waals surface area contributed by atoms with E-state index in [1.165, 1.54) is 7.05 Å². The van der Waals surface area contributed by atoms with Crippen LogP contribution in [0.1, 0.15) is 5.89 Å². The Hall–Kier alpha value is -3.52. The Labute approximate surface area is 168 Å². The molecule has 3 rings (SSSR count). The molecule has 0 unspecified atom stereocenters. The molecule has 0 atom stereocenters. The number of aliphatic hydroxyl groups is 1. The highest BCUT2D eigenvalue weighted by Crippen LogP contribution is 2.34. The molecule has 1 heterocycles. The zero-order valence-corrected chi connectivity index (χ0v) is 16.2. The normalized spacial score (nSPS) is 10.4. The molecule has 0 saturated carbocycles. The number of hydrogen-bond acceptors (Lipinski definition) is 7. The number of aliphatic hydroxyl groups excluding tert-OH is 1. The zero-order chi connectivity index (χ0) is 20.6. The number of benzene rings is 2. The highest BCUT2D eigenvalue weighted by atomic mass is 16.6. The lowest BCUT2D eigenvalue weighted by Crippen LogP contribution is -2.18. The minimum absolute atomic E-state index is 0.0554. The average Bonchev–Trinajstić information content (AvgIpc) is 3.20. The molecule has 152 valence electrons. The van der Waals surface area contributed by atoms with Crippen LogP contribution in [-0.2, 0) is 11.3 Å². The van der Waals surface area contributed by atoms with Gasteiger partial charge in [-0.25, -0.2) is 9.78 Å². The first-order valence-electron chi connectivity index (χ1n) is 8.97. The van der Waals surface area contributed by atoms with Crippen LogP contribution in [0.15, 0.2) is 52.9 Å². The Morgan fingerprint density at radius 3 is 2.34 bits per heavy atom. The molecule has 3 aromatic rings. The molecule has 0 aliphatic heterocycles. The molecule has 0 aliphatic carbocycles. The summed E-state index contributed by atoms with van der Waals surface area (Å²) >= 11 is 0. The largest absolute Gasteiger partial charge is 0.497 e. The molecule has 0 saturated heterocycles. The first kappa shape index (κ1) is 20.2. The van der Waals surface area contributed by atoms with Crippen molar-refractivity contribution in [3.63, 3.8) is 0 Å². The van der Waals surface area contributed by atoms with E-state index < -0.39 is 6.09 Å². The van der Waals surface area contributed by atoms with Crippen LogP contribution < -0.4 is 14.8 Å². The number of rotatable bonds is 8. The first-order valence-corrected chi connectivity index (χ1v) is 8.97. The van der Waals surface area contributed by atoms with Crippen LogP contribution in [-0.4, -0.2) is 43.6 Å². The van der Waals surface area contributed by atoms with E-state index in [1.807, 2.05) is 36.4 Å². The van der Waals surface area contributed by atoms with Gasteiger partial charge in [0.25, 0.3) is 0 Å². The number of methoxy groups -OCH3 is 1. The minimum Gasteiger partial charge on any atom is -0.497 e. The highest BCUT2D eigenvalue weighted by Gasteiger charge is 2.18. The maximum absolute atomic E-state index is 11.4. The molecule has 1 aromatic heterocycles. The Kier molecular flexibility index (Phi) is 6.70. The number of alkyl carbamates (subject to hydrolysis) is 1. The number of ether oxygens (including phenoxy) is 3. The van der Waals surface area contributed by atoms with E-state index in [0.717, 1.165) is 16.9 Å². The van der Waals surface area contributed by atoms with Gasteiger partial charge < -0.3 is 29.1 Å². The Morgan fingerprint density at radius 2 is 1.72 bits per heavy atom. The van der Waals surface area contributed by atoms with Crippen LogP contribution in [0.25, 0.3) is 22.6 Å². The van der Waals surface area contributed by atoms with Crippen molar-refractivity contribution in [3.05, 3.63) is 54.4 Å². The lowest BCUT2D eigenvalue weighted by atomic mass is 10.1. The van der Waals surface area contributed by atoms with Crippen molar-refractivity contribution in [1.29, 1.82) is 0 Å². The zero-order valence-electron chi connectivity index (χ0n) is 16.2. The van der Waals surface area contributed by atoms with Gasteiger partial charge >= 0.3 is 6.09 Å². The van der Waals surface area contributed by atoms with Gasteiger partial charge in [-0.15, -0.1) is 0 Å². The summed E-state index contributed by atoms with van der Waals surface area (Å²) in [5.41, 5.74) is 2.23. The molecule has 2 N–H and O–H groups in total. The van der Waals surface area contributed by atoms with Crippen molar-refractivity contribution in [2.75, 3.05) is 27.4 Å². The standard InChI is InChI=1S/C21H22N2O6/c1-22-21(25)28-13-18-23-19(14-3-7-16(26-2)8-4-14)20(29-18)15-5-9-17(10-6-15)27-12-11-24/h3-10,24H,11-13H2,1-2H3,(H,22,25). The molecule has 8 heteroatoms. The quantitative estimate of drug-likeness (QED) is 0.600. The number of hydrogen-bond donors (Lipinski definition) is 2. The summed E-state index contributed by atoms with van der Waals surface area (Å²) in [5.74, 6) is 2.18. The van der Waals surface area contributed by atoms with Gasteiger partial charge in [-0.3, -0.25) is 0 Å². The molecular formula is C21H22N2O6. The van der Waals surface area contributed by atoms with Crippen molar-refractivity contribution >= 4 is 6.09 Å². The van der Waals surface area contributed by atoms with Crippen molar-refractivity contribution in [1.82, 2.24) is 10.3 Å². The number of carbonyl (C=O) groups excluding carboxylic acids is 1. The third-order valence-electron chi connectivity index (χ3n) is 4.04. The Morgan fingerprint density at radius 1 is 1.07 bits per heavy atom. The fraction of sp³-hybridized carbons (Fsp3) is 0.238. The number of amides is 1. The van der Waals surface area contributed by atoms with Crippen LogP contribution in [0.5, 0.6) is 11.5 Å². The predicted octanol–water partition coefficient (Wildman–Crippen LogP) is 3.24. The molecule has 1 amide bonds. The summed E-state index contributed by atoms with van der Waals surface area (Å²) < 4.78 is 21.5. The predicted molar refractivity (Wildman–Crippen MR) is 106 cm³/mol. The first-order chi connectivity index (χ1) is 14.1. The van der Waals surface area contributed by atoms with Crippen LogP contribution in [0.4, 0.5) is 4.79 Å². The molecule has 0 bridgehead atoms. The summed E-state index contributed by atoms with van der Waals surface area (Å²) in [6.07, 6.45) is -0.568. The van der Waals surface area contributed by atoms with Gasteiger partial charge in [0, 0.05) is 18.2 Å². The van der Waals surface area contributed by atoms with Gasteiger partial charge in [0.05, 0.1) is 13.7 Å². The molecule has 2 aromatic carbocycles. The van der Waals surface area contributed by atoms with E-state index in [9.17, 15) is 4.79 Å². The van der Waals surface area contributed by atoms with Crippen LogP contribution in [0.3, 0.4) is 0 Å². The van der Waals surface area contributed by atoms with Gasteiger partial charge in [0.2, 0.25) is 5.89 Å². The molecule has 29 heavy (non-hydrogen) atoms. The van der Waals surface area contributed by atoms with Gasteiger partial charge in [-0.2, -0.15) is 0 Å². The van der Waals surface area contributed by atoms with E-state index >= 15 is 0 Å². The highest BCUT2D eigenvalue weighted by molar-refractivity contribution is 5.77. The van der Waals surface area contributed by atoms with Crippen molar-refractivity contribution < 1.29 is 28.5 Å². The molecule has 0 aliphatic rings. The maximum Gasteiger partial charge on any atom is 0.407 e. The summed E-state index contributed by atoms with van der Waals surface area (Å²) in [5, 5.41) is 11.3. The van der Waals surface area contributed by atoms with Crippen molar-refractivity contribution in [3.8, 4) is 34.1 Å². The van der Waals surface area contributed by atoms with Gasteiger partial charge in [-0.05, 0) is 48.5 Å². The second-order valence-corrected chi connectivity index (χ2v) is 5.94. The van der Waals surface area contributed by atoms with Gasteiger partial charge in [0.1, 0.15) is 23.8 Å². The Bertz CT molecular complexity index is 935. The van der Waals surface area contributed by atoms with E-state index in [0.29, 0.717) is 17.2 Å². The van der Waals surface area contributed by atoms with Gasteiger partial charge in [0.15, 0.2) is 12.4 Å². The number of aromatic nitrogens is 1. The van der Waals surface area contributed by atoms with Crippen LogP contribution in [0.2, 0.25) is 0 Å². The fourth-order valence-corrected chi connectivity index (χ4v) is 2.63. The SMILES string of the molecule is CNC(=O)OCc1nc(-c2ccc(OC)cc2)c(-c2ccc(OCCO)cc2)o1. The lowest BCUT2D eigenvalue weighted by molar-refractivity contribution is 0.131. The monoisotopic (exact) mass is 398 g/mol. The summed E-state index contributed by atoms with van der Waals surface area (Å²) in [6.45, 7) is 0.0699. The van der Waals surface area contributed by atoms with E-state index in [-0.39, 0.29) is 25.7 Å². The Balaban J connectivity index is 1.94. The smallest absolute Gasteiger partial charge is 0.407 e. The van der Waals surface area contributed by atoms with Crippen molar-refractivity contribution in [2.45, 2.75) is 6.61 Å². The van der Waals surface area contributed by atoms with E-state index in [2.05, 4.69) is 10.3 Å². The second kappa shape index (κ2) is 9.61. The number of nitrogens with zero attached hydrogens (tertiary/aromatic N) is 1. The molecule has 0 fully saturated rings. The third-order valence-corrected chi connectivity index (χ3v) is 4.04. The second-order valence-electron chi connectivity index (χ2n) is 5.94. The fourth-order valence-electron chi connectivity index (χ4n) is 2.63. The van der Waals surface area contributed by atoms with E-state index in [1.54, 1.807) is 19.2 Å². The molecular weight excluding hydrogens is 376 g/mol. The molecule has 0 spiro atoms. The van der Waals surface area contributed by atoms with Crippen LogP contribution in [0, 0.1) is 0 Å². The maximum atomic E-state index is 11.4. The summed E-state index contributed by atoms with van der Waals surface area (Å²) in [6, 6.07) is 14.7. The lowest BCUT2D eigenvalue weighted by Gasteiger charge is -2.06. The summed E-state index contributed by atoms with van der Waals surface area (Å²) in [7, 11) is 3.08. The van der Waals surface area contributed by atoms with E-state index in [4.69, 9.17) is 23.7 Å². The number of carbonyl (C=O) groups is 1. The minimum atomic E-state index is -0.568. The average molecular weight is 398 g/mol.